The van der Waals surface area contributed by atoms with E-state index < -0.39 is 0 Å². The molecule has 0 aromatic heterocycles. The van der Waals surface area contributed by atoms with E-state index in [1.807, 2.05) is 72.8 Å². The van der Waals surface area contributed by atoms with Crippen LogP contribution in [0.25, 0.3) is 0 Å². The van der Waals surface area contributed by atoms with Crippen LogP contribution in [0.3, 0.4) is 0 Å². The van der Waals surface area contributed by atoms with Gasteiger partial charge in [-0.15, -0.1) is 0 Å². The lowest BCUT2D eigenvalue weighted by Crippen LogP contribution is -2.44. The minimum Gasteiger partial charge on any atom is -0.399 e. The number of nitrogen functional groups attached to an aromatic ring is 3. The number of guanidine groups is 2. The van der Waals surface area contributed by atoms with Crippen molar-refractivity contribution in [3.8, 4) is 0 Å². The average Bonchev–Trinajstić information content (AvgIpc) is 2.75. The third kappa shape index (κ3) is 4.71. The van der Waals surface area contributed by atoms with Crippen LogP contribution in [-0.2, 0) is 0 Å². The molecule has 1 heterocycles. The van der Waals surface area contributed by atoms with E-state index in [4.69, 9.17) is 17.2 Å². The van der Waals surface area contributed by atoms with Crippen LogP contribution < -0.4 is 33.3 Å². The highest BCUT2D eigenvalue weighted by Gasteiger charge is 2.18. The molecule has 0 spiro atoms. The third-order valence-electron chi connectivity index (χ3n) is 4.34. The molecule has 1 aliphatic heterocycles. The van der Waals surface area contributed by atoms with E-state index in [1.165, 1.54) is 0 Å². The Morgan fingerprint density at radius 1 is 0.633 bits per heavy atom. The highest BCUT2D eigenvalue weighted by Crippen LogP contribution is 2.17. The fourth-order valence-corrected chi connectivity index (χ4v) is 2.76. The van der Waals surface area contributed by atoms with Gasteiger partial charge in [0.25, 0.3) is 0 Å². The summed E-state index contributed by atoms with van der Waals surface area (Å²) in [5.41, 5.74) is 25.2. The average molecular weight is 401 g/mol. The summed E-state index contributed by atoms with van der Waals surface area (Å²) in [5.74, 6) is 1.05. The lowest BCUT2D eigenvalue weighted by molar-refractivity contribution is 0.505. The molecule has 0 saturated heterocycles. The summed E-state index contributed by atoms with van der Waals surface area (Å²) < 4.78 is 0. The van der Waals surface area contributed by atoms with Crippen molar-refractivity contribution in [2.45, 2.75) is 0 Å². The predicted molar refractivity (Wildman–Crippen MR) is 125 cm³/mol. The number of benzene rings is 3. The largest absolute Gasteiger partial charge is 0.399 e. The van der Waals surface area contributed by atoms with E-state index in [2.05, 4.69) is 26.0 Å². The van der Waals surface area contributed by atoms with Crippen LogP contribution in [0.2, 0.25) is 0 Å². The summed E-state index contributed by atoms with van der Waals surface area (Å²) in [4.78, 5) is 9.15. The minimum atomic E-state index is 0.336. The van der Waals surface area contributed by atoms with Gasteiger partial charge in [-0.05, 0) is 72.8 Å². The van der Waals surface area contributed by atoms with Crippen molar-refractivity contribution >= 4 is 46.0 Å². The number of hydrogen-bond donors (Lipinski definition) is 6. The summed E-state index contributed by atoms with van der Waals surface area (Å²) >= 11 is 0. The van der Waals surface area contributed by atoms with Gasteiger partial charge in [0.1, 0.15) is 6.67 Å². The molecule has 9 N–H and O–H groups in total. The Labute approximate surface area is 174 Å². The zero-order valence-electron chi connectivity index (χ0n) is 16.2. The molecule has 1 aliphatic rings. The van der Waals surface area contributed by atoms with Gasteiger partial charge in [0.05, 0.1) is 5.69 Å². The smallest absolute Gasteiger partial charge is 0.227 e. The number of nitrogens with one attached hydrogen (secondary N) is 3. The molecule has 3 aromatic carbocycles. The summed E-state index contributed by atoms with van der Waals surface area (Å²) in [6.07, 6.45) is 0. The van der Waals surface area contributed by atoms with Crippen LogP contribution in [0.15, 0.2) is 82.8 Å². The highest BCUT2D eigenvalue weighted by molar-refractivity contribution is 6.07. The molecular weight excluding hydrogens is 378 g/mol. The van der Waals surface area contributed by atoms with E-state index >= 15 is 0 Å². The molecule has 30 heavy (non-hydrogen) atoms. The van der Waals surface area contributed by atoms with E-state index in [9.17, 15) is 0 Å². The third-order valence-corrected chi connectivity index (χ3v) is 4.34. The maximum absolute atomic E-state index is 5.79. The van der Waals surface area contributed by atoms with Gasteiger partial charge in [-0.3, -0.25) is 5.43 Å². The Balaban J connectivity index is 1.56. The van der Waals surface area contributed by atoms with Gasteiger partial charge in [-0.2, -0.15) is 4.99 Å². The lowest BCUT2D eigenvalue weighted by Gasteiger charge is -2.29. The number of hydrogen-bond acceptors (Lipinski definition) is 9. The molecule has 9 nitrogen and oxygen atoms in total. The molecule has 0 radical (unpaired) electrons. The first-order valence-corrected chi connectivity index (χ1v) is 9.33. The Bertz CT molecular complexity index is 1060. The molecule has 4 rings (SSSR count). The van der Waals surface area contributed by atoms with Gasteiger partial charge >= 0.3 is 0 Å². The molecule has 0 saturated carbocycles. The molecule has 0 aliphatic carbocycles. The monoisotopic (exact) mass is 401 g/mol. The molecule has 9 heteroatoms. The van der Waals surface area contributed by atoms with E-state index in [1.54, 1.807) is 5.01 Å². The number of nitrogens with two attached hydrogens (primary N) is 3. The van der Waals surface area contributed by atoms with Gasteiger partial charge in [0, 0.05) is 28.4 Å². The summed E-state index contributed by atoms with van der Waals surface area (Å²) in [6.45, 7) is 0.336. The minimum absolute atomic E-state index is 0.336. The van der Waals surface area contributed by atoms with Crippen molar-refractivity contribution in [3.05, 3.63) is 72.8 Å². The number of rotatable bonds is 4. The van der Waals surface area contributed by atoms with Crippen molar-refractivity contribution in [2.24, 2.45) is 9.98 Å². The SMILES string of the molecule is Nc1ccc(NC2=NCN(Nc3ccc(N)cc3)C(Nc3ccc(N)cc3)=N2)cc1. The van der Waals surface area contributed by atoms with Crippen LogP contribution in [0.1, 0.15) is 0 Å². The zero-order valence-corrected chi connectivity index (χ0v) is 16.2. The van der Waals surface area contributed by atoms with E-state index in [0.717, 1.165) is 17.1 Å². The molecule has 0 fully saturated rings. The van der Waals surface area contributed by atoms with Crippen LogP contribution in [-0.4, -0.2) is 23.6 Å². The normalized spacial score (nSPS) is 13.3. The first kappa shape index (κ1) is 18.9. The number of anilines is 6. The lowest BCUT2D eigenvalue weighted by atomic mass is 10.3. The number of nitrogens with zero attached hydrogens (tertiary/aromatic N) is 3. The number of aliphatic imine (C=N–C) groups is 2. The first-order valence-electron chi connectivity index (χ1n) is 9.33. The van der Waals surface area contributed by atoms with Gasteiger partial charge in [0.2, 0.25) is 11.9 Å². The molecule has 0 amide bonds. The van der Waals surface area contributed by atoms with Crippen molar-refractivity contribution in [2.75, 3.05) is 39.9 Å². The van der Waals surface area contributed by atoms with Crippen molar-refractivity contribution in [3.63, 3.8) is 0 Å². The van der Waals surface area contributed by atoms with Crippen LogP contribution in [0.5, 0.6) is 0 Å². The van der Waals surface area contributed by atoms with Gasteiger partial charge in [-0.1, -0.05) is 0 Å². The summed E-state index contributed by atoms with van der Waals surface area (Å²) in [6, 6.07) is 22.2. The Morgan fingerprint density at radius 3 is 1.63 bits per heavy atom. The second-order valence-corrected chi connectivity index (χ2v) is 6.71. The van der Waals surface area contributed by atoms with E-state index in [0.29, 0.717) is 35.6 Å². The summed E-state index contributed by atoms with van der Waals surface area (Å²) in [5, 5.41) is 8.31. The second-order valence-electron chi connectivity index (χ2n) is 6.71. The second kappa shape index (κ2) is 8.31. The summed E-state index contributed by atoms with van der Waals surface area (Å²) in [7, 11) is 0. The topological polar surface area (TPSA) is 142 Å². The Hall–Kier alpha value is -4.40. The van der Waals surface area contributed by atoms with Crippen LogP contribution in [0.4, 0.5) is 34.1 Å². The van der Waals surface area contributed by atoms with E-state index in [-0.39, 0.29) is 0 Å². The quantitative estimate of drug-likeness (QED) is 0.369. The molecule has 0 unspecified atom stereocenters. The molecule has 0 atom stereocenters. The maximum Gasteiger partial charge on any atom is 0.227 e. The fraction of sp³-hybridized carbons (Fsp3) is 0.0476. The van der Waals surface area contributed by atoms with Gasteiger partial charge in [0.15, 0.2) is 0 Å². The molecule has 0 bridgehead atoms. The van der Waals surface area contributed by atoms with Gasteiger partial charge < -0.3 is 27.8 Å². The standard InChI is InChI=1S/C21H23N9/c22-14-1-7-17(8-2-14)26-20-25-13-30(29-19-11-5-16(24)6-12-19)21(28-20)27-18-9-3-15(23)4-10-18/h1-12,29H,13,22-24H2,(H2,25,26,27,28). The van der Waals surface area contributed by atoms with Crippen LogP contribution >= 0.6 is 0 Å². The number of hydrazine groups is 1. The predicted octanol–water partition coefficient (Wildman–Crippen LogP) is 2.97. The molecule has 152 valence electrons. The highest BCUT2D eigenvalue weighted by atomic mass is 15.6. The maximum atomic E-state index is 5.79. The van der Waals surface area contributed by atoms with Crippen molar-refractivity contribution in [1.29, 1.82) is 0 Å². The van der Waals surface area contributed by atoms with Crippen LogP contribution in [0, 0.1) is 0 Å². The zero-order chi connectivity index (χ0) is 20.9. The molecule has 3 aromatic rings. The molecular formula is C21H23N9. The van der Waals surface area contributed by atoms with Crippen molar-refractivity contribution in [1.82, 2.24) is 5.01 Å². The first-order chi connectivity index (χ1) is 14.5. The Kier molecular flexibility index (Phi) is 5.25. The van der Waals surface area contributed by atoms with Crippen molar-refractivity contribution < 1.29 is 0 Å². The fourth-order valence-electron chi connectivity index (χ4n) is 2.76. The Morgan fingerprint density at radius 2 is 1.10 bits per heavy atom. The van der Waals surface area contributed by atoms with Gasteiger partial charge in [-0.25, -0.2) is 10.0 Å².